The number of aryl methyl sites for hydroxylation is 1. The first-order valence-corrected chi connectivity index (χ1v) is 8.36. The van der Waals surface area contributed by atoms with Crippen LogP contribution in [0.3, 0.4) is 0 Å². The van der Waals surface area contributed by atoms with E-state index in [1.807, 2.05) is 55.1 Å². The van der Waals surface area contributed by atoms with Gasteiger partial charge in [0, 0.05) is 25.8 Å². The molecule has 1 aliphatic rings. The summed E-state index contributed by atoms with van der Waals surface area (Å²) in [7, 11) is 0. The molecule has 1 aromatic heterocycles. The number of amides is 2. The molecule has 2 amide bonds. The predicted octanol–water partition coefficient (Wildman–Crippen LogP) is 2.09. The van der Waals surface area contributed by atoms with E-state index in [1.54, 1.807) is 4.90 Å². The molecule has 2 aromatic rings. The molecule has 128 valence electrons. The number of benzene rings is 1. The van der Waals surface area contributed by atoms with Crippen molar-refractivity contribution in [1.82, 2.24) is 20.0 Å². The van der Waals surface area contributed by atoms with Crippen molar-refractivity contribution in [1.29, 1.82) is 0 Å². The average Bonchev–Trinajstić information content (AvgIpc) is 3.01. The van der Waals surface area contributed by atoms with Crippen LogP contribution in [0.25, 0.3) is 5.69 Å². The van der Waals surface area contributed by atoms with Crippen molar-refractivity contribution < 1.29 is 9.90 Å². The number of rotatable bonds is 3. The Morgan fingerprint density at radius 3 is 2.88 bits per heavy atom. The standard InChI is InChI=1S/C18H24N4O2/c1-13-7-9-21(12-17(13)23)18(24)19-11-15-5-3-4-6-16(15)22-10-8-14(2)20-22/h3-6,8,10,13,17,23H,7,9,11-12H2,1-2H3,(H,19,24). The van der Waals surface area contributed by atoms with Gasteiger partial charge in [-0.05, 0) is 37.0 Å². The van der Waals surface area contributed by atoms with Crippen molar-refractivity contribution >= 4 is 6.03 Å². The van der Waals surface area contributed by atoms with Gasteiger partial charge in [-0.15, -0.1) is 0 Å². The minimum absolute atomic E-state index is 0.132. The molecule has 0 spiro atoms. The van der Waals surface area contributed by atoms with E-state index in [2.05, 4.69) is 10.4 Å². The van der Waals surface area contributed by atoms with Crippen LogP contribution in [0.5, 0.6) is 0 Å². The molecule has 0 saturated carbocycles. The lowest BCUT2D eigenvalue weighted by molar-refractivity contribution is 0.0435. The smallest absolute Gasteiger partial charge is 0.317 e. The Morgan fingerprint density at radius 2 is 2.17 bits per heavy atom. The molecular formula is C18H24N4O2. The molecule has 2 unspecified atom stereocenters. The molecule has 6 nitrogen and oxygen atoms in total. The second kappa shape index (κ2) is 7.05. The van der Waals surface area contributed by atoms with Crippen LogP contribution in [0.1, 0.15) is 24.6 Å². The highest BCUT2D eigenvalue weighted by Crippen LogP contribution is 2.18. The zero-order valence-corrected chi connectivity index (χ0v) is 14.1. The fourth-order valence-corrected chi connectivity index (χ4v) is 2.95. The largest absolute Gasteiger partial charge is 0.391 e. The van der Waals surface area contributed by atoms with E-state index in [9.17, 15) is 9.90 Å². The highest BCUT2D eigenvalue weighted by Gasteiger charge is 2.27. The average molecular weight is 328 g/mol. The van der Waals surface area contributed by atoms with Crippen LogP contribution in [-0.2, 0) is 6.54 Å². The zero-order chi connectivity index (χ0) is 17.1. The van der Waals surface area contributed by atoms with E-state index in [-0.39, 0.29) is 11.9 Å². The van der Waals surface area contributed by atoms with Gasteiger partial charge in [-0.1, -0.05) is 25.1 Å². The monoisotopic (exact) mass is 328 g/mol. The summed E-state index contributed by atoms with van der Waals surface area (Å²) in [5, 5.41) is 17.3. The number of aliphatic hydroxyl groups excluding tert-OH is 1. The minimum atomic E-state index is -0.441. The van der Waals surface area contributed by atoms with Gasteiger partial charge in [0.05, 0.1) is 17.5 Å². The van der Waals surface area contributed by atoms with Crippen molar-refractivity contribution in [3.8, 4) is 5.69 Å². The van der Waals surface area contributed by atoms with Gasteiger partial charge >= 0.3 is 6.03 Å². The number of aliphatic hydroxyl groups is 1. The van der Waals surface area contributed by atoms with Gasteiger partial charge in [-0.25, -0.2) is 9.48 Å². The Kier molecular flexibility index (Phi) is 4.85. The number of hydrogen-bond acceptors (Lipinski definition) is 3. The highest BCUT2D eigenvalue weighted by atomic mass is 16.3. The number of para-hydroxylation sites is 1. The summed E-state index contributed by atoms with van der Waals surface area (Å²) in [5.74, 6) is 0.248. The van der Waals surface area contributed by atoms with Gasteiger partial charge in [-0.2, -0.15) is 5.10 Å². The van der Waals surface area contributed by atoms with Crippen LogP contribution in [-0.4, -0.2) is 45.0 Å². The molecule has 0 aliphatic carbocycles. The van der Waals surface area contributed by atoms with Gasteiger partial charge in [0.25, 0.3) is 0 Å². The summed E-state index contributed by atoms with van der Waals surface area (Å²) in [6.07, 6.45) is 2.31. The number of carbonyl (C=O) groups excluding carboxylic acids is 1. The van der Waals surface area contributed by atoms with E-state index in [0.717, 1.165) is 23.4 Å². The molecule has 1 fully saturated rings. The Hall–Kier alpha value is -2.34. The van der Waals surface area contributed by atoms with Gasteiger partial charge in [0.15, 0.2) is 0 Å². The summed E-state index contributed by atoms with van der Waals surface area (Å²) in [6, 6.07) is 9.70. The Labute approximate surface area is 142 Å². The second-order valence-corrected chi connectivity index (χ2v) is 6.47. The Morgan fingerprint density at radius 1 is 1.38 bits per heavy atom. The SMILES string of the molecule is Cc1ccn(-c2ccccc2CNC(=O)N2CCC(C)C(O)C2)n1. The number of β-amino-alcohol motifs (C(OH)–C–C–N with tert-alkyl or cyclic N) is 1. The van der Waals surface area contributed by atoms with Crippen molar-refractivity contribution in [2.45, 2.75) is 32.9 Å². The number of hydrogen-bond donors (Lipinski definition) is 2. The Bertz CT molecular complexity index is 713. The lowest BCUT2D eigenvalue weighted by Crippen LogP contribution is -2.49. The van der Waals surface area contributed by atoms with E-state index in [4.69, 9.17) is 0 Å². The fourth-order valence-electron chi connectivity index (χ4n) is 2.95. The molecular weight excluding hydrogens is 304 g/mol. The van der Waals surface area contributed by atoms with Gasteiger partial charge < -0.3 is 15.3 Å². The van der Waals surface area contributed by atoms with Crippen molar-refractivity contribution in [3.05, 3.63) is 47.8 Å². The van der Waals surface area contributed by atoms with Gasteiger partial charge in [0.2, 0.25) is 0 Å². The molecule has 0 radical (unpaired) electrons. The van der Waals surface area contributed by atoms with Crippen LogP contribution in [0.4, 0.5) is 4.79 Å². The minimum Gasteiger partial charge on any atom is -0.391 e. The third-order valence-corrected chi connectivity index (χ3v) is 4.60. The summed E-state index contributed by atoms with van der Waals surface area (Å²) in [4.78, 5) is 14.0. The number of aromatic nitrogens is 2. The molecule has 2 heterocycles. The number of likely N-dealkylation sites (tertiary alicyclic amines) is 1. The van der Waals surface area contributed by atoms with E-state index >= 15 is 0 Å². The number of carbonyl (C=O) groups is 1. The third kappa shape index (κ3) is 3.59. The number of nitrogens with one attached hydrogen (secondary N) is 1. The van der Waals surface area contributed by atoms with Crippen LogP contribution in [0.2, 0.25) is 0 Å². The first-order valence-electron chi connectivity index (χ1n) is 8.36. The third-order valence-electron chi connectivity index (χ3n) is 4.60. The molecule has 1 aliphatic heterocycles. The maximum absolute atomic E-state index is 12.4. The second-order valence-electron chi connectivity index (χ2n) is 6.47. The normalized spacial score (nSPS) is 20.9. The lowest BCUT2D eigenvalue weighted by atomic mass is 9.96. The molecule has 6 heteroatoms. The summed E-state index contributed by atoms with van der Waals surface area (Å²) in [5.41, 5.74) is 2.91. The van der Waals surface area contributed by atoms with Crippen molar-refractivity contribution in [2.24, 2.45) is 5.92 Å². The highest BCUT2D eigenvalue weighted by molar-refractivity contribution is 5.74. The van der Waals surface area contributed by atoms with Crippen LogP contribution < -0.4 is 5.32 Å². The molecule has 1 saturated heterocycles. The summed E-state index contributed by atoms with van der Waals surface area (Å²) in [6.45, 7) is 5.47. The maximum atomic E-state index is 12.4. The van der Waals surface area contributed by atoms with E-state index < -0.39 is 6.10 Å². The first kappa shape index (κ1) is 16.5. The van der Waals surface area contributed by atoms with Crippen molar-refractivity contribution in [2.75, 3.05) is 13.1 Å². The van der Waals surface area contributed by atoms with E-state index in [1.165, 1.54) is 0 Å². The molecule has 0 bridgehead atoms. The van der Waals surface area contributed by atoms with Crippen LogP contribution >= 0.6 is 0 Å². The topological polar surface area (TPSA) is 70.4 Å². The molecule has 1 aromatic carbocycles. The first-order chi connectivity index (χ1) is 11.5. The number of nitrogens with zero attached hydrogens (tertiary/aromatic N) is 3. The lowest BCUT2D eigenvalue weighted by Gasteiger charge is -2.34. The summed E-state index contributed by atoms with van der Waals surface area (Å²) >= 11 is 0. The Balaban J connectivity index is 1.66. The van der Waals surface area contributed by atoms with Crippen LogP contribution in [0.15, 0.2) is 36.5 Å². The molecule has 2 atom stereocenters. The number of piperidine rings is 1. The zero-order valence-electron chi connectivity index (χ0n) is 14.1. The van der Waals surface area contributed by atoms with E-state index in [0.29, 0.717) is 19.6 Å². The molecule has 24 heavy (non-hydrogen) atoms. The quantitative estimate of drug-likeness (QED) is 0.906. The van der Waals surface area contributed by atoms with Gasteiger partial charge in [0.1, 0.15) is 0 Å². The van der Waals surface area contributed by atoms with Crippen LogP contribution in [0, 0.1) is 12.8 Å². The maximum Gasteiger partial charge on any atom is 0.317 e. The molecule has 3 rings (SSSR count). The molecule has 2 N–H and O–H groups in total. The summed E-state index contributed by atoms with van der Waals surface area (Å²) < 4.78 is 1.82. The van der Waals surface area contributed by atoms with Gasteiger partial charge in [-0.3, -0.25) is 0 Å². The number of urea groups is 1. The fraction of sp³-hybridized carbons (Fsp3) is 0.444. The van der Waals surface area contributed by atoms with Crippen molar-refractivity contribution in [3.63, 3.8) is 0 Å². The predicted molar refractivity (Wildman–Crippen MR) is 91.9 cm³/mol.